The number of carbonyl (C=O) groups is 2. The van der Waals surface area contributed by atoms with E-state index >= 15 is 0 Å². The highest BCUT2D eigenvalue weighted by Crippen LogP contribution is 2.18. The molecule has 0 saturated heterocycles. The molecular formula is C12H20N2O2. The largest absolute Gasteiger partial charge is 0.379 e. The minimum Gasteiger partial charge on any atom is -0.379 e. The van der Waals surface area contributed by atoms with Gasteiger partial charge in [0.1, 0.15) is 0 Å². The molecule has 16 heavy (non-hydrogen) atoms. The fourth-order valence-corrected chi connectivity index (χ4v) is 1.50. The summed E-state index contributed by atoms with van der Waals surface area (Å²) in [5, 5.41) is 5.66. The van der Waals surface area contributed by atoms with Crippen molar-refractivity contribution in [3.8, 4) is 0 Å². The number of carbonyl (C=O) groups excluding carboxylic acids is 2. The van der Waals surface area contributed by atoms with Crippen LogP contribution in [0.15, 0.2) is 12.3 Å². The van der Waals surface area contributed by atoms with Crippen LogP contribution in [0.3, 0.4) is 0 Å². The van der Waals surface area contributed by atoms with Crippen LogP contribution >= 0.6 is 0 Å². The zero-order chi connectivity index (χ0) is 12.1. The van der Waals surface area contributed by atoms with Gasteiger partial charge < -0.3 is 10.6 Å². The predicted molar refractivity (Wildman–Crippen MR) is 62.8 cm³/mol. The van der Waals surface area contributed by atoms with Crippen molar-refractivity contribution in [2.45, 2.75) is 51.6 Å². The van der Waals surface area contributed by atoms with Gasteiger partial charge in [-0.2, -0.15) is 0 Å². The molecular weight excluding hydrogens is 204 g/mol. The van der Waals surface area contributed by atoms with Crippen LogP contribution in [-0.4, -0.2) is 23.8 Å². The number of amides is 1. The highest BCUT2D eigenvalue weighted by Gasteiger charge is 2.29. The molecule has 0 heterocycles. The molecule has 0 aromatic carbocycles. The van der Waals surface area contributed by atoms with E-state index in [1.54, 1.807) is 6.92 Å². The van der Waals surface area contributed by atoms with E-state index in [-0.39, 0.29) is 11.8 Å². The normalized spacial score (nSPS) is 16.4. The molecule has 0 radical (unpaired) electrons. The zero-order valence-corrected chi connectivity index (χ0v) is 10.0. The Morgan fingerprint density at radius 3 is 2.50 bits per heavy atom. The molecule has 1 amide bonds. The average molecular weight is 224 g/mol. The van der Waals surface area contributed by atoms with Crippen molar-refractivity contribution in [2.24, 2.45) is 0 Å². The van der Waals surface area contributed by atoms with Crippen molar-refractivity contribution in [1.82, 2.24) is 10.6 Å². The molecule has 0 aromatic heterocycles. The third-order valence-corrected chi connectivity index (χ3v) is 2.45. The monoisotopic (exact) mass is 224 g/mol. The first kappa shape index (κ1) is 12.7. The first-order valence-electron chi connectivity index (χ1n) is 5.81. The number of nitrogens with one attached hydrogen (secondary N) is 2. The quantitative estimate of drug-likeness (QED) is 0.637. The molecule has 0 spiro atoms. The van der Waals surface area contributed by atoms with Gasteiger partial charge in [0, 0.05) is 11.7 Å². The van der Waals surface area contributed by atoms with Crippen LogP contribution in [0.5, 0.6) is 0 Å². The summed E-state index contributed by atoms with van der Waals surface area (Å²) in [5.41, 5.74) is 0.714. The van der Waals surface area contributed by atoms with Crippen molar-refractivity contribution in [1.29, 1.82) is 0 Å². The van der Waals surface area contributed by atoms with Crippen LogP contribution in [0.25, 0.3) is 0 Å². The van der Waals surface area contributed by atoms with Crippen molar-refractivity contribution in [3.63, 3.8) is 0 Å². The van der Waals surface area contributed by atoms with E-state index in [9.17, 15) is 9.59 Å². The summed E-state index contributed by atoms with van der Waals surface area (Å²) in [6, 6.07) is -0.204. The molecule has 4 nitrogen and oxygen atoms in total. The smallest absolute Gasteiger partial charge is 0.289 e. The molecule has 1 saturated carbocycles. The summed E-state index contributed by atoms with van der Waals surface area (Å²) < 4.78 is 0. The Labute approximate surface area is 96.5 Å². The maximum absolute atomic E-state index is 11.8. The van der Waals surface area contributed by atoms with Gasteiger partial charge in [-0.05, 0) is 26.2 Å². The van der Waals surface area contributed by atoms with Gasteiger partial charge in [-0.1, -0.05) is 19.9 Å². The number of hydrogen-bond acceptors (Lipinski definition) is 3. The summed E-state index contributed by atoms with van der Waals surface area (Å²) in [7, 11) is 0. The molecule has 2 N–H and O–H groups in total. The first-order valence-corrected chi connectivity index (χ1v) is 5.81. The third kappa shape index (κ3) is 4.04. The molecule has 1 atom stereocenters. The molecule has 1 aliphatic carbocycles. The highest BCUT2D eigenvalue weighted by molar-refractivity contribution is 6.38. The van der Waals surface area contributed by atoms with Gasteiger partial charge in [0.05, 0.1) is 6.04 Å². The Hall–Kier alpha value is -1.32. The van der Waals surface area contributed by atoms with Gasteiger partial charge in [0.15, 0.2) is 0 Å². The van der Waals surface area contributed by atoms with Crippen molar-refractivity contribution in [3.05, 3.63) is 12.3 Å². The SMILES string of the molecule is C=C(C)NC(CCC)C(=O)C(=O)NC1CC1. The lowest BCUT2D eigenvalue weighted by Crippen LogP contribution is -2.45. The van der Waals surface area contributed by atoms with E-state index in [1.807, 2.05) is 6.92 Å². The summed E-state index contributed by atoms with van der Waals surface area (Å²) in [6.07, 6.45) is 3.49. The van der Waals surface area contributed by atoms with Gasteiger partial charge in [-0.15, -0.1) is 0 Å². The lowest BCUT2D eigenvalue weighted by molar-refractivity contribution is -0.139. The van der Waals surface area contributed by atoms with Crippen LogP contribution in [0, 0.1) is 0 Å². The fraction of sp³-hybridized carbons (Fsp3) is 0.667. The summed E-state index contributed by atoms with van der Waals surface area (Å²) >= 11 is 0. The van der Waals surface area contributed by atoms with Crippen LogP contribution in [0.1, 0.15) is 39.5 Å². The van der Waals surface area contributed by atoms with E-state index in [0.29, 0.717) is 12.1 Å². The van der Waals surface area contributed by atoms with Crippen LogP contribution in [0.2, 0.25) is 0 Å². The highest BCUT2D eigenvalue weighted by atomic mass is 16.2. The summed E-state index contributed by atoms with van der Waals surface area (Å²) in [6.45, 7) is 7.47. The van der Waals surface area contributed by atoms with E-state index in [4.69, 9.17) is 0 Å². The predicted octanol–water partition coefficient (Wildman–Crippen LogP) is 1.13. The lowest BCUT2D eigenvalue weighted by Gasteiger charge is -2.17. The van der Waals surface area contributed by atoms with E-state index in [2.05, 4.69) is 17.2 Å². The van der Waals surface area contributed by atoms with Gasteiger partial charge >= 0.3 is 0 Å². The summed E-state index contributed by atoms with van der Waals surface area (Å²) in [4.78, 5) is 23.4. The first-order chi connectivity index (χ1) is 7.54. The average Bonchev–Trinajstić information content (AvgIpc) is 2.99. The van der Waals surface area contributed by atoms with Gasteiger partial charge in [0.2, 0.25) is 5.78 Å². The fourth-order valence-electron chi connectivity index (χ4n) is 1.50. The maximum Gasteiger partial charge on any atom is 0.289 e. The molecule has 90 valence electrons. The van der Waals surface area contributed by atoms with Crippen molar-refractivity contribution >= 4 is 11.7 Å². The second-order valence-corrected chi connectivity index (χ2v) is 4.38. The Morgan fingerprint density at radius 1 is 1.44 bits per heavy atom. The van der Waals surface area contributed by atoms with E-state index in [0.717, 1.165) is 19.3 Å². The molecule has 1 aliphatic rings. The number of rotatable bonds is 7. The molecule has 4 heteroatoms. The van der Waals surface area contributed by atoms with Gasteiger partial charge in [-0.3, -0.25) is 9.59 Å². The maximum atomic E-state index is 11.8. The Kier molecular flexibility index (Phi) is 4.52. The number of allylic oxidation sites excluding steroid dienone is 1. The van der Waals surface area contributed by atoms with Crippen LogP contribution < -0.4 is 10.6 Å². The molecule has 0 bridgehead atoms. The molecule has 0 aromatic rings. The minimum atomic E-state index is -0.463. The summed E-state index contributed by atoms with van der Waals surface area (Å²) in [5.74, 6) is -0.841. The number of hydrogen-bond donors (Lipinski definition) is 2. The minimum absolute atomic E-state index is 0.226. The van der Waals surface area contributed by atoms with Gasteiger partial charge in [0.25, 0.3) is 5.91 Å². The molecule has 1 fully saturated rings. The lowest BCUT2D eigenvalue weighted by atomic mass is 10.1. The zero-order valence-electron chi connectivity index (χ0n) is 10.0. The Balaban J connectivity index is 2.49. The topological polar surface area (TPSA) is 58.2 Å². The molecule has 1 rings (SSSR count). The molecule has 0 aliphatic heterocycles. The standard InChI is InChI=1S/C12H20N2O2/c1-4-5-10(13-8(2)3)11(15)12(16)14-9-6-7-9/h9-10,13H,2,4-7H2,1,3H3,(H,14,16). The second kappa shape index (κ2) is 5.68. The van der Waals surface area contributed by atoms with Crippen molar-refractivity contribution in [2.75, 3.05) is 0 Å². The van der Waals surface area contributed by atoms with Crippen molar-refractivity contribution < 1.29 is 9.59 Å². The Bertz CT molecular complexity index is 295. The third-order valence-electron chi connectivity index (χ3n) is 2.45. The van der Waals surface area contributed by atoms with Crippen LogP contribution in [0.4, 0.5) is 0 Å². The molecule has 1 unspecified atom stereocenters. The van der Waals surface area contributed by atoms with Gasteiger partial charge in [-0.25, -0.2) is 0 Å². The number of Topliss-reactive ketones (excluding diaryl/α,β-unsaturated/α-hetero) is 1. The van der Waals surface area contributed by atoms with Crippen LogP contribution in [-0.2, 0) is 9.59 Å². The Morgan fingerprint density at radius 2 is 2.06 bits per heavy atom. The van der Waals surface area contributed by atoms with E-state index in [1.165, 1.54) is 0 Å². The number of ketones is 1. The second-order valence-electron chi connectivity index (χ2n) is 4.38. The van der Waals surface area contributed by atoms with E-state index < -0.39 is 11.9 Å².